The molecule has 34 heavy (non-hydrogen) atoms. The highest BCUT2D eigenvalue weighted by atomic mass is 19.4. The van der Waals surface area contributed by atoms with Crippen LogP contribution in [0.4, 0.5) is 36.4 Å². The van der Waals surface area contributed by atoms with Crippen LogP contribution in [0.1, 0.15) is 29.4 Å². The largest absolute Gasteiger partial charge is 0.419 e. The zero-order valence-corrected chi connectivity index (χ0v) is 17.0. The average molecular weight is 488 g/mol. The number of amides is 1. The molecular formula is C20H15F7N6O. The molecule has 1 amide bonds. The summed E-state index contributed by atoms with van der Waals surface area (Å²) in [6, 6.07) is 2.61. The van der Waals surface area contributed by atoms with E-state index in [0.29, 0.717) is 6.07 Å². The van der Waals surface area contributed by atoms with E-state index in [0.717, 1.165) is 35.4 Å². The third-order valence-electron chi connectivity index (χ3n) is 4.99. The van der Waals surface area contributed by atoms with Crippen molar-refractivity contribution in [1.29, 1.82) is 0 Å². The van der Waals surface area contributed by atoms with Crippen LogP contribution in [0, 0.1) is 11.6 Å². The number of benzene rings is 1. The van der Waals surface area contributed by atoms with E-state index < -0.39 is 66.2 Å². The van der Waals surface area contributed by atoms with Crippen LogP contribution >= 0.6 is 0 Å². The fourth-order valence-electron chi connectivity index (χ4n) is 3.42. The van der Waals surface area contributed by atoms with Crippen LogP contribution in [0.25, 0.3) is 5.82 Å². The Kier molecular flexibility index (Phi) is 6.02. The summed E-state index contributed by atoms with van der Waals surface area (Å²) in [5.74, 6) is -6.63. The maximum absolute atomic E-state index is 14.5. The number of hydrogen-bond donors (Lipinski definition) is 2. The molecular weight excluding hydrogens is 473 g/mol. The van der Waals surface area contributed by atoms with Gasteiger partial charge in [0.1, 0.15) is 12.1 Å². The second kappa shape index (κ2) is 8.66. The van der Waals surface area contributed by atoms with Gasteiger partial charge in [0.25, 0.3) is 5.92 Å². The van der Waals surface area contributed by atoms with E-state index in [4.69, 9.17) is 0 Å². The fraction of sp³-hybridized carbons (Fsp3) is 0.300. The molecule has 0 spiro atoms. The third-order valence-corrected chi connectivity index (χ3v) is 4.99. The Balaban J connectivity index is 1.45. The predicted octanol–water partition coefficient (Wildman–Crippen LogP) is 3.81. The second-order valence-electron chi connectivity index (χ2n) is 7.57. The van der Waals surface area contributed by atoms with Crippen LogP contribution in [-0.4, -0.2) is 38.1 Å². The van der Waals surface area contributed by atoms with Crippen LogP contribution in [0.15, 0.2) is 36.8 Å². The molecule has 0 radical (unpaired) electrons. The van der Waals surface area contributed by atoms with E-state index in [-0.39, 0.29) is 17.3 Å². The Morgan fingerprint density at radius 2 is 2.00 bits per heavy atom. The molecule has 180 valence electrons. The van der Waals surface area contributed by atoms with E-state index in [1.165, 1.54) is 0 Å². The van der Waals surface area contributed by atoms with Crippen LogP contribution < -0.4 is 10.6 Å². The van der Waals surface area contributed by atoms with E-state index in [2.05, 4.69) is 25.7 Å². The van der Waals surface area contributed by atoms with E-state index >= 15 is 0 Å². The number of nitrogens with zero attached hydrogens (tertiary/aromatic N) is 4. The van der Waals surface area contributed by atoms with E-state index in [1.54, 1.807) is 0 Å². The van der Waals surface area contributed by atoms with Crippen molar-refractivity contribution < 1.29 is 35.5 Å². The molecule has 1 saturated heterocycles. The first-order chi connectivity index (χ1) is 15.9. The monoisotopic (exact) mass is 488 g/mol. The number of rotatable bonds is 5. The van der Waals surface area contributed by atoms with Gasteiger partial charge in [-0.1, -0.05) is 12.1 Å². The summed E-state index contributed by atoms with van der Waals surface area (Å²) in [4.78, 5) is 19.9. The highest BCUT2D eigenvalue weighted by Gasteiger charge is 2.41. The van der Waals surface area contributed by atoms with Crippen molar-refractivity contribution in [3.8, 4) is 5.82 Å². The summed E-state index contributed by atoms with van der Waals surface area (Å²) in [5.41, 5.74) is -2.13. The van der Waals surface area contributed by atoms with Gasteiger partial charge in [-0.2, -0.15) is 17.9 Å². The van der Waals surface area contributed by atoms with Crippen LogP contribution in [0.3, 0.4) is 0 Å². The Hall–Kier alpha value is -3.55. The molecule has 0 bridgehead atoms. The topological polar surface area (TPSA) is 84.7 Å². The number of pyridine rings is 1. The van der Waals surface area contributed by atoms with Gasteiger partial charge in [-0.3, -0.25) is 4.79 Å². The molecule has 0 saturated carbocycles. The molecule has 1 atom stereocenters. The van der Waals surface area contributed by atoms with Gasteiger partial charge >= 0.3 is 6.18 Å². The van der Waals surface area contributed by atoms with Crippen LogP contribution in [0.5, 0.6) is 0 Å². The molecule has 0 unspecified atom stereocenters. The Morgan fingerprint density at radius 1 is 1.24 bits per heavy atom. The molecule has 2 N–H and O–H groups in total. The number of nitrogens with one attached hydrogen (secondary N) is 2. The van der Waals surface area contributed by atoms with Crippen molar-refractivity contribution in [2.45, 2.75) is 31.0 Å². The predicted molar refractivity (Wildman–Crippen MR) is 103 cm³/mol. The third kappa shape index (κ3) is 5.00. The van der Waals surface area contributed by atoms with Crippen molar-refractivity contribution in [3.05, 3.63) is 65.4 Å². The summed E-state index contributed by atoms with van der Waals surface area (Å²) < 4.78 is 94.7. The van der Waals surface area contributed by atoms with Crippen molar-refractivity contribution in [2.75, 3.05) is 11.9 Å². The average Bonchev–Trinajstić information content (AvgIpc) is 3.35. The first-order valence-corrected chi connectivity index (χ1v) is 9.76. The van der Waals surface area contributed by atoms with Gasteiger partial charge in [0.2, 0.25) is 5.91 Å². The molecule has 1 aliphatic rings. The first-order valence-electron chi connectivity index (χ1n) is 9.76. The lowest BCUT2D eigenvalue weighted by molar-refractivity contribution is -0.140. The smallest absolute Gasteiger partial charge is 0.324 e. The maximum Gasteiger partial charge on any atom is 0.419 e. The van der Waals surface area contributed by atoms with E-state index in [9.17, 15) is 35.5 Å². The Bertz CT molecular complexity index is 1230. The van der Waals surface area contributed by atoms with Gasteiger partial charge in [-0.15, -0.1) is 5.10 Å². The summed E-state index contributed by atoms with van der Waals surface area (Å²) in [6.07, 6.45) is -4.03. The molecule has 3 heterocycles. The molecule has 2 aromatic heterocycles. The van der Waals surface area contributed by atoms with Gasteiger partial charge in [0.05, 0.1) is 36.5 Å². The molecule has 4 rings (SSSR count). The molecule has 1 aromatic carbocycles. The molecule has 0 aliphatic carbocycles. The number of halogens is 7. The highest BCUT2D eigenvalue weighted by Crippen LogP contribution is 2.33. The van der Waals surface area contributed by atoms with Gasteiger partial charge in [0.15, 0.2) is 17.5 Å². The zero-order chi connectivity index (χ0) is 24.7. The number of anilines is 1. The van der Waals surface area contributed by atoms with Crippen molar-refractivity contribution in [1.82, 2.24) is 25.1 Å². The summed E-state index contributed by atoms with van der Waals surface area (Å²) in [7, 11) is 0. The molecule has 1 aliphatic heterocycles. The zero-order valence-electron chi connectivity index (χ0n) is 17.0. The number of hydrogen-bond acceptors (Lipinski definition) is 5. The summed E-state index contributed by atoms with van der Waals surface area (Å²) >= 11 is 0. The SMILES string of the molecule is O=C(Cc1cccc(C(F)(F)F)c1F)Nc1cnc(-n2cnc([C@@H]3CC(F)(F)CN3)n2)c(F)c1. The molecule has 1 fully saturated rings. The first kappa shape index (κ1) is 23.6. The lowest BCUT2D eigenvalue weighted by atomic mass is 10.1. The van der Waals surface area contributed by atoms with Crippen molar-refractivity contribution in [3.63, 3.8) is 0 Å². The Morgan fingerprint density at radius 3 is 2.65 bits per heavy atom. The van der Waals surface area contributed by atoms with E-state index in [1.807, 2.05) is 0 Å². The number of aromatic nitrogens is 4. The van der Waals surface area contributed by atoms with Gasteiger partial charge in [-0.25, -0.2) is 27.5 Å². The summed E-state index contributed by atoms with van der Waals surface area (Å²) in [6.45, 7) is -0.530. The number of carbonyl (C=O) groups is 1. The van der Waals surface area contributed by atoms with Gasteiger partial charge in [0, 0.05) is 12.5 Å². The quantitative estimate of drug-likeness (QED) is 0.534. The normalized spacial score (nSPS) is 17.7. The fourth-order valence-corrected chi connectivity index (χ4v) is 3.42. The number of carbonyl (C=O) groups excluding carboxylic acids is 1. The second-order valence-corrected chi connectivity index (χ2v) is 7.57. The molecule has 14 heteroatoms. The number of alkyl halides is 5. The highest BCUT2D eigenvalue weighted by molar-refractivity contribution is 5.92. The van der Waals surface area contributed by atoms with Gasteiger partial charge < -0.3 is 10.6 Å². The molecule has 3 aromatic rings. The van der Waals surface area contributed by atoms with Crippen molar-refractivity contribution >= 4 is 11.6 Å². The maximum atomic E-state index is 14.5. The minimum atomic E-state index is -4.92. The minimum Gasteiger partial charge on any atom is -0.324 e. The van der Waals surface area contributed by atoms with Gasteiger partial charge in [-0.05, 0) is 11.6 Å². The van der Waals surface area contributed by atoms with Crippen LogP contribution in [-0.2, 0) is 17.4 Å². The minimum absolute atomic E-state index is 0.0267. The standard InChI is InChI=1S/C20H15F7N6O/c21-13-5-11(31-15(34)4-10-2-1-3-12(16(10)22)20(25,26)27)7-28-18(13)33-9-30-17(32-33)14-6-19(23,24)8-29-14/h1-3,5,7,9,14,29H,4,6,8H2,(H,31,34)/t14-/m0/s1. The van der Waals surface area contributed by atoms with Crippen molar-refractivity contribution in [2.24, 2.45) is 0 Å². The van der Waals surface area contributed by atoms with Crippen LogP contribution in [0.2, 0.25) is 0 Å². The lowest BCUT2D eigenvalue weighted by Gasteiger charge is -2.11. The summed E-state index contributed by atoms with van der Waals surface area (Å²) in [5, 5.41) is 8.76. The molecule has 7 nitrogen and oxygen atoms in total. The Labute approximate surface area is 187 Å². The lowest BCUT2D eigenvalue weighted by Crippen LogP contribution is -2.19.